The second kappa shape index (κ2) is 21.8. The van der Waals surface area contributed by atoms with Crippen LogP contribution in [0.15, 0.2) is 122 Å². The molecule has 0 radical (unpaired) electrons. The van der Waals surface area contributed by atoms with Crippen LogP contribution in [0.4, 0.5) is 9.59 Å². The molecule has 62 heavy (non-hydrogen) atoms. The molecule has 1 aliphatic carbocycles. The molecular formula is C47H60N3O10PSi. The number of ether oxygens (including phenoxy) is 2. The number of phosphoric acid groups is 1. The van der Waals surface area contributed by atoms with Gasteiger partial charge in [0, 0.05) is 25.6 Å². The van der Waals surface area contributed by atoms with E-state index < -0.39 is 52.5 Å². The van der Waals surface area contributed by atoms with Crippen LogP contribution in [0.2, 0.25) is 5.04 Å². The molecule has 0 spiro atoms. The number of fused-ring (bicyclic) bond motifs is 3. The van der Waals surface area contributed by atoms with E-state index in [9.17, 15) is 18.9 Å². The smallest absolute Gasteiger partial charge is 0.449 e. The quantitative estimate of drug-likeness (QED) is 0.0326. The summed E-state index contributed by atoms with van der Waals surface area (Å²) < 4.78 is 48.2. The van der Waals surface area contributed by atoms with Crippen LogP contribution in [0.5, 0.6) is 0 Å². The summed E-state index contributed by atoms with van der Waals surface area (Å²) >= 11 is 0. The molecule has 15 heteroatoms. The predicted octanol–water partition coefficient (Wildman–Crippen LogP) is 7.85. The highest BCUT2D eigenvalue weighted by atomic mass is 31.2. The van der Waals surface area contributed by atoms with Crippen molar-refractivity contribution >= 4 is 44.6 Å². The van der Waals surface area contributed by atoms with Gasteiger partial charge in [0.25, 0.3) is 8.32 Å². The number of amides is 3. The number of rotatable bonds is 21. The summed E-state index contributed by atoms with van der Waals surface area (Å²) in [5.41, 5.74) is 3.47. The number of benzene rings is 4. The van der Waals surface area contributed by atoms with E-state index in [1.54, 1.807) is 20.8 Å². The van der Waals surface area contributed by atoms with Crippen LogP contribution in [-0.4, -0.2) is 84.2 Å². The van der Waals surface area contributed by atoms with Crippen molar-refractivity contribution < 1.29 is 46.4 Å². The summed E-state index contributed by atoms with van der Waals surface area (Å²) in [6, 6.07) is 35.1. The number of alkyl carbamates (subject to hydrolysis) is 2. The Balaban J connectivity index is 1.26. The van der Waals surface area contributed by atoms with Gasteiger partial charge in [-0.05, 0) is 64.9 Å². The third-order valence-electron chi connectivity index (χ3n) is 10.1. The lowest BCUT2D eigenvalue weighted by molar-refractivity contribution is -0.123. The molecule has 0 aromatic heterocycles. The molecule has 3 amide bonds. The van der Waals surface area contributed by atoms with Crippen LogP contribution in [0.25, 0.3) is 11.1 Å². The van der Waals surface area contributed by atoms with Crippen LogP contribution in [-0.2, 0) is 36.8 Å². The Morgan fingerprint density at radius 1 is 0.726 bits per heavy atom. The highest BCUT2D eigenvalue weighted by molar-refractivity contribution is 7.48. The van der Waals surface area contributed by atoms with Gasteiger partial charge in [-0.3, -0.25) is 18.4 Å². The monoisotopic (exact) mass is 885 g/mol. The predicted molar refractivity (Wildman–Crippen MR) is 243 cm³/mol. The van der Waals surface area contributed by atoms with Crippen molar-refractivity contribution in [3.8, 4) is 11.1 Å². The van der Waals surface area contributed by atoms with Gasteiger partial charge < -0.3 is 29.9 Å². The van der Waals surface area contributed by atoms with Gasteiger partial charge in [0.15, 0.2) is 0 Å². The van der Waals surface area contributed by atoms with E-state index >= 15 is 0 Å². The average Bonchev–Trinajstić information content (AvgIpc) is 3.56. The molecule has 5 rings (SSSR count). The van der Waals surface area contributed by atoms with Gasteiger partial charge >= 0.3 is 20.0 Å². The van der Waals surface area contributed by atoms with E-state index in [1.165, 1.54) is 6.08 Å². The lowest BCUT2D eigenvalue weighted by Gasteiger charge is -2.43. The number of nitrogens with one attached hydrogen (secondary N) is 3. The molecule has 0 saturated carbocycles. The number of phosphoric ester groups is 1. The van der Waals surface area contributed by atoms with Gasteiger partial charge in [-0.1, -0.05) is 136 Å². The van der Waals surface area contributed by atoms with Gasteiger partial charge in [0.1, 0.15) is 18.2 Å². The summed E-state index contributed by atoms with van der Waals surface area (Å²) in [6.07, 6.45) is 0.232. The normalized spacial score (nSPS) is 14.1. The molecule has 2 atom stereocenters. The summed E-state index contributed by atoms with van der Waals surface area (Å²) in [6.45, 7) is 14.7. The number of carbonyl (C=O) groups excluding carboxylic acids is 3. The summed E-state index contributed by atoms with van der Waals surface area (Å²) in [7, 11) is -7.17. The average molecular weight is 886 g/mol. The molecule has 0 saturated heterocycles. The molecule has 0 heterocycles. The number of carbonyl (C=O) groups is 3. The first-order valence-electron chi connectivity index (χ1n) is 20.8. The van der Waals surface area contributed by atoms with Crippen molar-refractivity contribution in [3.05, 3.63) is 133 Å². The lowest BCUT2D eigenvalue weighted by atomic mass is 9.98. The topological polar surface area (TPSA) is 160 Å². The van der Waals surface area contributed by atoms with Crippen molar-refractivity contribution in [2.24, 2.45) is 0 Å². The van der Waals surface area contributed by atoms with Crippen molar-refractivity contribution in [1.29, 1.82) is 0 Å². The molecule has 0 fully saturated rings. The number of hydrogen-bond donors (Lipinski definition) is 3. The molecule has 0 aliphatic heterocycles. The Morgan fingerprint density at radius 2 is 1.29 bits per heavy atom. The lowest BCUT2D eigenvalue weighted by Crippen LogP contribution is -2.66. The van der Waals surface area contributed by atoms with Crippen molar-refractivity contribution in [2.75, 3.05) is 46.1 Å². The van der Waals surface area contributed by atoms with Crippen LogP contribution < -0.4 is 26.3 Å². The zero-order chi connectivity index (χ0) is 44.8. The van der Waals surface area contributed by atoms with Gasteiger partial charge in [0.05, 0.1) is 19.8 Å². The minimum absolute atomic E-state index is 0.00331. The highest BCUT2D eigenvalue weighted by Gasteiger charge is 2.50. The van der Waals surface area contributed by atoms with Crippen LogP contribution in [0, 0.1) is 0 Å². The summed E-state index contributed by atoms with van der Waals surface area (Å²) in [5, 5.41) is 10.0. The van der Waals surface area contributed by atoms with Crippen LogP contribution in [0.3, 0.4) is 0 Å². The molecule has 332 valence electrons. The molecule has 2 unspecified atom stereocenters. The third-order valence-corrected chi connectivity index (χ3v) is 16.5. The highest BCUT2D eigenvalue weighted by Crippen LogP contribution is 2.49. The molecule has 3 N–H and O–H groups in total. The minimum atomic E-state index is -4.36. The first-order chi connectivity index (χ1) is 29.6. The largest absolute Gasteiger partial charge is 0.475 e. The molecular weight excluding hydrogens is 826 g/mol. The van der Waals surface area contributed by atoms with Gasteiger partial charge in [-0.15, -0.1) is 6.58 Å². The Kier molecular flexibility index (Phi) is 16.9. The van der Waals surface area contributed by atoms with Crippen LogP contribution >= 0.6 is 7.82 Å². The van der Waals surface area contributed by atoms with E-state index in [1.807, 2.05) is 84.9 Å². The molecule has 13 nitrogen and oxygen atoms in total. The van der Waals surface area contributed by atoms with Gasteiger partial charge in [-0.2, -0.15) is 0 Å². The standard InChI is InChI=1S/C47H60N3O10PSi/c1-8-30-56-61(54,57-32-29-49-44(52)60-46(2,3)4)58-34-42(50-45(53)55-33-41-39-26-17-15-24-37(39)38-25-16-18-27-40(38)41)43(51)48-28-19-31-59-62(47(5,6)7,35-20-11-9-12-21-35)36-22-13-10-14-23-36/h8-18,20-27,41-42H,1,19,28-34H2,2-7H3,(H,48,51)(H,49,52)(H,50,53). The Morgan fingerprint density at radius 3 is 1.84 bits per heavy atom. The second-order valence-corrected chi connectivity index (χ2v) is 22.7. The Bertz CT molecular complexity index is 2080. The third kappa shape index (κ3) is 12.7. The Labute approximate surface area is 366 Å². The first-order valence-corrected chi connectivity index (χ1v) is 24.2. The van der Waals surface area contributed by atoms with E-state index in [0.29, 0.717) is 13.0 Å². The van der Waals surface area contributed by atoms with Crippen LogP contribution in [0.1, 0.15) is 65.0 Å². The first kappa shape index (κ1) is 48.0. The molecule has 4 aromatic carbocycles. The van der Waals surface area contributed by atoms with Crippen molar-refractivity contribution in [2.45, 2.75) is 70.6 Å². The van der Waals surface area contributed by atoms with E-state index in [-0.39, 0.29) is 43.9 Å². The molecule has 1 aliphatic rings. The second-order valence-electron chi connectivity index (χ2n) is 16.8. The van der Waals surface area contributed by atoms with Crippen molar-refractivity contribution in [3.63, 3.8) is 0 Å². The van der Waals surface area contributed by atoms with Crippen molar-refractivity contribution in [1.82, 2.24) is 16.0 Å². The molecule has 0 bridgehead atoms. The minimum Gasteiger partial charge on any atom is -0.449 e. The fraction of sp³-hybridized carbons (Fsp3) is 0.383. The SMILES string of the molecule is C=CCOP(=O)(OCCNC(=O)OC(C)(C)C)OCC(NC(=O)OCC1c2ccccc2-c2ccccc21)C(=O)NCCCO[Si](c1ccccc1)(c1ccccc1)C(C)(C)C. The molecule has 4 aromatic rings. The van der Waals surface area contributed by atoms with E-state index in [0.717, 1.165) is 32.6 Å². The van der Waals surface area contributed by atoms with Gasteiger partial charge in [-0.25, -0.2) is 14.2 Å². The maximum absolute atomic E-state index is 13.9. The maximum atomic E-state index is 13.9. The zero-order valence-electron chi connectivity index (χ0n) is 36.5. The fourth-order valence-corrected chi connectivity index (χ4v) is 13.2. The van der Waals surface area contributed by atoms with E-state index in [4.69, 9.17) is 27.5 Å². The summed E-state index contributed by atoms with van der Waals surface area (Å²) in [5.74, 6) is -0.840. The van der Waals surface area contributed by atoms with Gasteiger partial charge in [0.2, 0.25) is 5.91 Å². The fourth-order valence-electron chi connectivity index (χ4n) is 7.41. The number of hydrogen-bond acceptors (Lipinski definition) is 10. The zero-order valence-corrected chi connectivity index (χ0v) is 38.4. The van der Waals surface area contributed by atoms with E-state index in [2.05, 4.69) is 67.6 Å². The summed E-state index contributed by atoms with van der Waals surface area (Å²) in [4.78, 5) is 39.5. The maximum Gasteiger partial charge on any atom is 0.475 e. The Hall–Kier alpha value is -5.08.